The molecular weight excluding hydrogens is 398 g/mol. The average molecular weight is 423 g/mol. The van der Waals surface area contributed by atoms with Crippen molar-refractivity contribution in [1.29, 1.82) is 0 Å². The second kappa shape index (κ2) is 8.26. The van der Waals surface area contributed by atoms with Crippen molar-refractivity contribution >= 4 is 23.3 Å². The van der Waals surface area contributed by atoms with Gasteiger partial charge in [0.05, 0.1) is 31.4 Å². The molecule has 7 heteroatoms. The van der Waals surface area contributed by atoms with Crippen molar-refractivity contribution in [3.05, 3.63) is 71.0 Å². The van der Waals surface area contributed by atoms with Crippen molar-refractivity contribution in [1.82, 2.24) is 0 Å². The van der Waals surface area contributed by atoms with Crippen LogP contribution in [0.1, 0.15) is 42.7 Å². The molecule has 2 aromatic rings. The van der Waals surface area contributed by atoms with E-state index >= 15 is 0 Å². The Kier molecular flexibility index (Phi) is 5.88. The molecule has 1 heterocycles. The Balaban J connectivity index is 2.14. The maximum absolute atomic E-state index is 13.2. The SMILES string of the molecule is COC(=O)c1ccc(N2C(=O)C(O)=C(C(=O)C(C)(C)C)C2c2ccc(OC)cc2)cc1. The molecule has 1 N–H and O–H groups in total. The van der Waals surface area contributed by atoms with E-state index in [1.54, 1.807) is 64.3 Å². The minimum absolute atomic E-state index is 0.0414. The van der Waals surface area contributed by atoms with E-state index in [0.717, 1.165) is 0 Å². The molecule has 7 nitrogen and oxygen atoms in total. The number of hydrogen-bond acceptors (Lipinski definition) is 6. The van der Waals surface area contributed by atoms with Crippen LogP contribution in [-0.4, -0.2) is 37.0 Å². The fourth-order valence-electron chi connectivity index (χ4n) is 3.49. The third-order valence-electron chi connectivity index (χ3n) is 5.13. The fourth-order valence-corrected chi connectivity index (χ4v) is 3.49. The molecular formula is C24H25NO6. The third kappa shape index (κ3) is 4.03. The number of esters is 1. The van der Waals surface area contributed by atoms with E-state index in [2.05, 4.69) is 0 Å². The van der Waals surface area contributed by atoms with Gasteiger partial charge in [0.1, 0.15) is 5.75 Å². The molecule has 0 bridgehead atoms. The first kappa shape index (κ1) is 22.1. The van der Waals surface area contributed by atoms with Gasteiger partial charge in [0.15, 0.2) is 11.5 Å². The summed E-state index contributed by atoms with van der Waals surface area (Å²) in [6.07, 6.45) is 0. The average Bonchev–Trinajstić information content (AvgIpc) is 3.02. The summed E-state index contributed by atoms with van der Waals surface area (Å²) in [5, 5.41) is 10.7. The molecule has 0 aromatic heterocycles. The number of carbonyl (C=O) groups excluding carboxylic acids is 3. The van der Waals surface area contributed by atoms with E-state index in [9.17, 15) is 19.5 Å². The number of nitrogens with zero attached hydrogens (tertiary/aromatic N) is 1. The second-order valence-corrected chi connectivity index (χ2v) is 8.23. The van der Waals surface area contributed by atoms with Gasteiger partial charge in [0.25, 0.3) is 5.91 Å². The molecule has 1 unspecified atom stereocenters. The van der Waals surface area contributed by atoms with Gasteiger partial charge in [-0.3, -0.25) is 14.5 Å². The number of Topliss-reactive ketones (excluding diaryl/α,β-unsaturated/α-hetero) is 1. The number of carbonyl (C=O) groups is 3. The summed E-state index contributed by atoms with van der Waals surface area (Å²) in [4.78, 5) is 39.4. The van der Waals surface area contributed by atoms with Crippen LogP contribution in [0.25, 0.3) is 0 Å². The van der Waals surface area contributed by atoms with Crippen molar-refractivity contribution in [3.8, 4) is 5.75 Å². The molecule has 2 aromatic carbocycles. The first-order valence-corrected chi connectivity index (χ1v) is 9.74. The Morgan fingerprint density at radius 2 is 1.55 bits per heavy atom. The van der Waals surface area contributed by atoms with Crippen LogP contribution in [0.3, 0.4) is 0 Å². The lowest BCUT2D eigenvalue weighted by Crippen LogP contribution is -2.32. The fraction of sp³-hybridized carbons (Fsp3) is 0.292. The zero-order chi connectivity index (χ0) is 22.9. The van der Waals surface area contributed by atoms with E-state index in [1.807, 2.05) is 0 Å². The van der Waals surface area contributed by atoms with E-state index in [1.165, 1.54) is 24.1 Å². The van der Waals surface area contributed by atoms with Crippen LogP contribution >= 0.6 is 0 Å². The molecule has 1 aliphatic heterocycles. The largest absolute Gasteiger partial charge is 0.503 e. The molecule has 0 spiro atoms. The Labute approximate surface area is 180 Å². The maximum Gasteiger partial charge on any atom is 0.337 e. The molecule has 0 saturated heterocycles. The molecule has 0 fully saturated rings. The monoisotopic (exact) mass is 423 g/mol. The standard InChI is InChI=1S/C24H25NO6/c1-24(2,3)21(27)18-19(14-8-12-17(30-4)13-9-14)25(22(28)20(18)26)16-10-6-15(7-11-16)23(29)31-5/h6-13,19,26H,1-5H3. The number of aliphatic hydroxyl groups excluding tert-OH is 1. The van der Waals surface area contributed by atoms with Crippen LogP contribution in [-0.2, 0) is 14.3 Å². The van der Waals surface area contributed by atoms with Gasteiger partial charge in [0.2, 0.25) is 0 Å². The summed E-state index contributed by atoms with van der Waals surface area (Å²) in [5.74, 6) is -1.46. The topological polar surface area (TPSA) is 93.1 Å². The Morgan fingerprint density at radius 3 is 2.03 bits per heavy atom. The summed E-state index contributed by atoms with van der Waals surface area (Å²) in [6.45, 7) is 5.21. The van der Waals surface area contributed by atoms with Crippen molar-refractivity contribution in [2.45, 2.75) is 26.8 Å². The van der Waals surface area contributed by atoms with Crippen LogP contribution in [0.2, 0.25) is 0 Å². The van der Waals surface area contributed by atoms with Crippen LogP contribution in [0.4, 0.5) is 5.69 Å². The number of methoxy groups -OCH3 is 2. The molecule has 1 atom stereocenters. The van der Waals surface area contributed by atoms with Crippen molar-refractivity contribution in [3.63, 3.8) is 0 Å². The third-order valence-corrected chi connectivity index (χ3v) is 5.13. The van der Waals surface area contributed by atoms with Gasteiger partial charge in [-0.25, -0.2) is 4.79 Å². The zero-order valence-electron chi connectivity index (χ0n) is 18.1. The lowest BCUT2D eigenvalue weighted by atomic mass is 9.82. The van der Waals surface area contributed by atoms with Crippen molar-refractivity contribution < 1.29 is 29.0 Å². The lowest BCUT2D eigenvalue weighted by molar-refractivity contribution is -0.123. The van der Waals surface area contributed by atoms with Gasteiger partial charge < -0.3 is 14.6 Å². The van der Waals surface area contributed by atoms with E-state index in [-0.39, 0.29) is 11.4 Å². The minimum atomic E-state index is -0.825. The van der Waals surface area contributed by atoms with Crippen molar-refractivity contribution in [2.24, 2.45) is 5.41 Å². The van der Waals surface area contributed by atoms with Crippen LogP contribution in [0, 0.1) is 5.41 Å². The number of anilines is 1. The number of amides is 1. The molecule has 0 aliphatic carbocycles. The van der Waals surface area contributed by atoms with Crippen molar-refractivity contribution in [2.75, 3.05) is 19.1 Å². The highest BCUT2D eigenvalue weighted by Crippen LogP contribution is 2.43. The summed E-state index contributed by atoms with van der Waals surface area (Å²) < 4.78 is 9.92. The highest BCUT2D eigenvalue weighted by molar-refractivity contribution is 6.17. The normalized spacial score (nSPS) is 16.5. The van der Waals surface area contributed by atoms with Gasteiger partial charge in [-0.05, 0) is 42.0 Å². The first-order chi connectivity index (χ1) is 14.6. The molecule has 31 heavy (non-hydrogen) atoms. The quantitative estimate of drug-likeness (QED) is 0.731. The Hall–Kier alpha value is -3.61. The maximum atomic E-state index is 13.2. The van der Waals surface area contributed by atoms with Gasteiger partial charge >= 0.3 is 5.97 Å². The van der Waals surface area contributed by atoms with Gasteiger partial charge in [-0.15, -0.1) is 0 Å². The molecule has 1 aliphatic rings. The number of ketones is 1. The van der Waals surface area contributed by atoms with E-state index in [0.29, 0.717) is 22.6 Å². The molecule has 3 rings (SSSR count). The summed E-state index contributed by atoms with van der Waals surface area (Å²) in [6, 6.07) is 12.4. The summed E-state index contributed by atoms with van der Waals surface area (Å²) in [5.41, 5.74) is 0.630. The molecule has 162 valence electrons. The zero-order valence-corrected chi connectivity index (χ0v) is 18.1. The lowest BCUT2D eigenvalue weighted by Gasteiger charge is -2.29. The Morgan fingerprint density at radius 1 is 0.968 bits per heavy atom. The van der Waals surface area contributed by atoms with Gasteiger partial charge in [0, 0.05) is 11.1 Å². The number of rotatable bonds is 5. The van der Waals surface area contributed by atoms with Crippen LogP contribution < -0.4 is 9.64 Å². The number of aliphatic hydroxyl groups is 1. The summed E-state index contributed by atoms with van der Waals surface area (Å²) >= 11 is 0. The minimum Gasteiger partial charge on any atom is -0.503 e. The van der Waals surface area contributed by atoms with Gasteiger partial charge in [-0.2, -0.15) is 0 Å². The summed E-state index contributed by atoms with van der Waals surface area (Å²) in [7, 11) is 2.83. The van der Waals surface area contributed by atoms with Gasteiger partial charge in [-0.1, -0.05) is 32.9 Å². The molecule has 0 saturated carbocycles. The number of ether oxygens (including phenoxy) is 2. The first-order valence-electron chi connectivity index (χ1n) is 9.74. The molecule has 1 amide bonds. The number of benzene rings is 2. The highest BCUT2D eigenvalue weighted by Gasteiger charge is 2.46. The smallest absolute Gasteiger partial charge is 0.337 e. The molecule has 0 radical (unpaired) electrons. The highest BCUT2D eigenvalue weighted by atomic mass is 16.5. The van der Waals surface area contributed by atoms with Crippen LogP contribution in [0.15, 0.2) is 59.9 Å². The number of hydrogen-bond donors (Lipinski definition) is 1. The predicted molar refractivity (Wildman–Crippen MR) is 115 cm³/mol. The van der Waals surface area contributed by atoms with E-state index < -0.39 is 29.1 Å². The van der Waals surface area contributed by atoms with Crippen LogP contribution in [0.5, 0.6) is 5.75 Å². The second-order valence-electron chi connectivity index (χ2n) is 8.23. The van der Waals surface area contributed by atoms with E-state index in [4.69, 9.17) is 9.47 Å². The Bertz CT molecular complexity index is 1040. The predicted octanol–water partition coefficient (Wildman–Crippen LogP) is 4.00.